The zero-order valence-electron chi connectivity index (χ0n) is 12.2. The average molecular weight is 256 g/mol. The van der Waals surface area contributed by atoms with E-state index in [1.807, 2.05) is 44.2 Å². The minimum atomic E-state index is 0.633. The van der Waals surface area contributed by atoms with E-state index in [4.69, 9.17) is 4.74 Å². The molecule has 2 rings (SSSR count). The quantitative estimate of drug-likeness (QED) is 0.710. The largest absolute Gasteiger partial charge is 0.489 e. The minimum absolute atomic E-state index is 0.633. The van der Waals surface area contributed by atoms with Gasteiger partial charge in [-0.3, -0.25) is 0 Å². The van der Waals surface area contributed by atoms with Crippen molar-refractivity contribution in [1.29, 1.82) is 0 Å². The molecule has 0 aliphatic carbocycles. The monoisotopic (exact) mass is 256 g/mol. The summed E-state index contributed by atoms with van der Waals surface area (Å²) in [5.41, 5.74) is 2.57. The van der Waals surface area contributed by atoms with Crippen molar-refractivity contribution in [2.75, 3.05) is 0 Å². The molecule has 0 saturated heterocycles. The second-order valence-electron chi connectivity index (χ2n) is 4.17. The summed E-state index contributed by atoms with van der Waals surface area (Å²) in [5.74, 6) is 0.939. The number of hydrogen-bond donors (Lipinski definition) is 0. The zero-order chi connectivity index (χ0) is 13.9. The van der Waals surface area contributed by atoms with E-state index in [9.17, 15) is 0 Å². The third-order valence-electron chi connectivity index (χ3n) is 2.71. The van der Waals surface area contributed by atoms with E-state index in [1.165, 1.54) is 17.5 Å². The molecule has 0 atom stereocenters. The smallest absolute Gasteiger partial charge is 0.119 e. The van der Waals surface area contributed by atoms with Crippen molar-refractivity contribution in [3.8, 4) is 5.75 Å². The van der Waals surface area contributed by atoms with Crippen molar-refractivity contribution in [2.24, 2.45) is 0 Å². The minimum Gasteiger partial charge on any atom is -0.489 e. The first-order valence-electron chi connectivity index (χ1n) is 7.14. The fourth-order valence-corrected chi connectivity index (χ4v) is 1.78. The topological polar surface area (TPSA) is 9.23 Å². The SMILES string of the molecule is CC.CCCc1ccc(OCc2ccccc2)cc1. The van der Waals surface area contributed by atoms with Gasteiger partial charge in [0.25, 0.3) is 0 Å². The van der Waals surface area contributed by atoms with Gasteiger partial charge in [-0.1, -0.05) is 69.7 Å². The summed E-state index contributed by atoms with van der Waals surface area (Å²) < 4.78 is 5.73. The van der Waals surface area contributed by atoms with Gasteiger partial charge in [-0.05, 0) is 29.7 Å². The standard InChI is InChI=1S/C16H18O.C2H6/c1-2-6-14-9-11-16(12-10-14)17-13-15-7-4-3-5-8-15;1-2/h3-5,7-12H,2,6,13H2,1H3;1-2H3. The van der Waals surface area contributed by atoms with E-state index in [0.29, 0.717) is 6.61 Å². The zero-order valence-corrected chi connectivity index (χ0v) is 12.2. The Hall–Kier alpha value is -1.76. The second-order valence-corrected chi connectivity index (χ2v) is 4.17. The molecule has 2 aromatic rings. The molecule has 0 radical (unpaired) electrons. The molecule has 102 valence electrons. The first-order chi connectivity index (χ1) is 9.38. The van der Waals surface area contributed by atoms with Crippen molar-refractivity contribution in [3.63, 3.8) is 0 Å². The lowest BCUT2D eigenvalue weighted by atomic mass is 10.1. The van der Waals surface area contributed by atoms with Gasteiger partial charge in [-0.15, -0.1) is 0 Å². The van der Waals surface area contributed by atoms with Crippen LogP contribution < -0.4 is 4.74 Å². The number of hydrogen-bond acceptors (Lipinski definition) is 1. The molecule has 19 heavy (non-hydrogen) atoms. The van der Waals surface area contributed by atoms with Gasteiger partial charge in [0.15, 0.2) is 0 Å². The van der Waals surface area contributed by atoms with Crippen LogP contribution in [0.5, 0.6) is 5.75 Å². The van der Waals surface area contributed by atoms with Crippen molar-refractivity contribution >= 4 is 0 Å². The summed E-state index contributed by atoms with van der Waals surface area (Å²) in [5, 5.41) is 0. The molecule has 1 nitrogen and oxygen atoms in total. The predicted molar refractivity (Wildman–Crippen MR) is 82.6 cm³/mol. The molecular weight excluding hydrogens is 232 g/mol. The lowest BCUT2D eigenvalue weighted by molar-refractivity contribution is 0.306. The number of ether oxygens (including phenoxy) is 1. The van der Waals surface area contributed by atoms with Crippen molar-refractivity contribution in [1.82, 2.24) is 0 Å². The molecule has 1 heteroatoms. The Balaban J connectivity index is 0.000000861. The van der Waals surface area contributed by atoms with E-state index < -0.39 is 0 Å². The summed E-state index contributed by atoms with van der Waals surface area (Å²) in [6.45, 7) is 6.83. The third-order valence-corrected chi connectivity index (χ3v) is 2.71. The lowest BCUT2D eigenvalue weighted by Gasteiger charge is -2.07. The summed E-state index contributed by atoms with van der Waals surface area (Å²) in [6, 6.07) is 18.6. The maximum Gasteiger partial charge on any atom is 0.119 e. The highest BCUT2D eigenvalue weighted by Crippen LogP contribution is 2.15. The van der Waals surface area contributed by atoms with Gasteiger partial charge < -0.3 is 4.74 Å². The molecule has 0 fully saturated rings. The Morgan fingerprint density at radius 3 is 2.00 bits per heavy atom. The van der Waals surface area contributed by atoms with E-state index in [0.717, 1.165) is 12.2 Å². The van der Waals surface area contributed by atoms with Crippen LogP contribution in [0.1, 0.15) is 38.3 Å². The molecule has 0 spiro atoms. The molecule has 0 unspecified atom stereocenters. The second kappa shape index (κ2) is 9.21. The van der Waals surface area contributed by atoms with Gasteiger partial charge in [-0.2, -0.15) is 0 Å². The molecule has 0 N–H and O–H groups in total. The molecule has 0 heterocycles. The summed E-state index contributed by atoms with van der Waals surface area (Å²) in [4.78, 5) is 0. The third kappa shape index (κ3) is 5.60. The fraction of sp³-hybridized carbons (Fsp3) is 0.333. The molecule has 0 aliphatic heterocycles. The van der Waals surface area contributed by atoms with Gasteiger partial charge in [-0.25, -0.2) is 0 Å². The average Bonchev–Trinajstić information content (AvgIpc) is 2.50. The highest BCUT2D eigenvalue weighted by Gasteiger charge is 1.96. The van der Waals surface area contributed by atoms with Crippen LogP contribution in [0.3, 0.4) is 0 Å². The van der Waals surface area contributed by atoms with Crippen LogP contribution >= 0.6 is 0 Å². The lowest BCUT2D eigenvalue weighted by Crippen LogP contribution is -1.95. The fourth-order valence-electron chi connectivity index (χ4n) is 1.78. The highest BCUT2D eigenvalue weighted by molar-refractivity contribution is 5.27. The van der Waals surface area contributed by atoms with E-state index in [-0.39, 0.29) is 0 Å². The Kier molecular flexibility index (Phi) is 7.41. The normalized spacial score (nSPS) is 9.42. The molecular formula is C18H24O. The first-order valence-corrected chi connectivity index (χ1v) is 7.14. The van der Waals surface area contributed by atoms with Crippen LogP contribution in [-0.4, -0.2) is 0 Å². The molecule has 0 bridgehead atoms. The maximum atomic E-state index is 5.73. The van der Waals surface area contributed by atoms with E-state index in [1.54, 1.807) is 0 Å². The van der Waals surface area contributed by atoms with Crippen LogP contribution in [0.4, 0.5) is 0 Å². The first kappa shape index (κ1) is 15.3. The maximum absolute atomic E-state index is 5.73. The molecule has 2 aromatic carbocycles. The van der Waals surface area contributed by atoms with Gasteiger partial charge in [0, 0.05) is 0 Å². The van der Waals surface area contributed by atoms with Crippen LogP contribution in [0.2, 0.25) is 0 Å². The van der Waals surface area contributed by atoms with Crippen molar-refractivity contribution in [2.45, 2.75) is 40.2 Å². The Bertz CT molecular complexity index is 431. The van der Waals surface area contributed by atoms with Gasteiger partial charge in [0.05, 0.1) is 0 Å². The van der Waals surface area contributed by atoms with E-state index >= 15 is 0 Å². The van der Waals surface area contributed by atoms with Crippen LogP contribution in [0, 0.1) is 0 Å². The van der Waals surface area contributed by atoms with Gasteiger partial charge in [0.1, 0.15) is 12.4 Å². The molecule has 0 aliphatic rings. The van der Waals surface area contributed by atoms with Crippen LogP contribution in [0.15, 0.2) is 54.6 Å². The molecule has 0 aromatic heterocycles. The van der Waals surface area contributed by atoms with Gasteiger partial charge >= 0.3 is 0 Å². The Morgan fingerprint density at radius 1 is 0.789 bits per heavy atom. The predicted octanol–water partition coefficient (Wildman–Crippen LogP) is 5.24. The Labute approximate surface area is 117 Å². The van der Waals surface area contributed by atoms with Crippen molar-refractivity contribution < 1.29 is 4.74 Å². The molecule has 0 saturated carbocycles. The highest BCUT2D eigenvalue weighted by atomic mass is 16.5. The summed E-state index contributed by atoms with van der Waals surface area (Å²) >= 11 is 0. The summed E-state index contributed by atoms with van der Waals surface area (Å²) in [7, 11) is 0. The Morgan fingerprint density at radius 2 is 1.42 bits per heavy atom. The van der Waals surface area contributed by atoms with Crippen LogP contribution in [0.25, 0.3) is 0 Å². The number of benzene rings is 2. The van der Waals surface area contributed by atoms with E-state index in [2.05, 4.69) is 31.2 Å². The van der Waals surface area contributed by atoms with Crippen LogP contribution in [-0.2, 0) is 13.0 Å². The number of rotatable bonds is 5. The van der Waals surface area contributed by atoms with Gasteiger partial charge in [0.2, 0.25) is 0 Å². The molecule has 0 amide bonds. The summed E-state index contributed by atoms with van der Waals surface area (Å²) in [6.07, 6.45) is 2.32. The number of aryl methyl sites for hydroxylation is 1. The van der Waals surface area contributed by atoms with Crippen molar-refractivity contribution in [3.05, 3.63) is 65.7 Å².